The maximum atomic E-state index is 6.09. The van der Waals surface area contributed by atoms with Gasteiger partial charge < -0.3 is 5.32 Å². The number of rotatable bonds is 4. The van der Waals surface area contributed by atoms with Crippen molar-refractivity contribution in [2.75, 3.05) is 0 Å². The number of benzene rings is 3. The number of halogens is 2. The van der Waals surface area contributed by atoms with E-state index < -0.39 is 0 Å². The minimum atomic E-state index is 0. The van der Waals surface area contributed by atoms with E-state index in [9.17, 15) is 0 Å². The van der Waals surface area contributed by atoms with Crippen LogP contribution in [0.5, 0.6) is 0 Å². The molecule has 0 aliphatic carbocycles. The van der Waals surface area contributed by atoms with Crippen molar-refractivity contribution < 1.29 is 0 Å². The molecule has 0 spiro atoms. The first-order valence-corrected chi connectivity index (χ1v) is 9.97. The summed E-state index contributed by atoms with van der Waals surface area (Å²) in [5.41, 5.74) is 3.68. The van der Waals surface area contributed by atoms with Crippen LogP contribution in [0.25, 0.3) is 0 Å². The average molecular weight is 415 g/mol. The molecular formula is C22H20Cl2N2S. The summed E-state index contributed by atoms with van der Waals surface area (Å²) in [5.74, 6) is 0.843. The molecule has 3 aromatic carbocycles. The van der Waals surface area contributed by atoms with E-state index in [1.807, 2.05) is 30.3 Å². The smallest absolute Gasteiger partial charge is 0.158 e. The summed E-state index contributed by atoms with van der Waals surface area (Å²) in [7, 11) is 0. The Morgan fingerprint density at radius 2 is 1.52 bits per heavy atom. The van der Waals surface area contributed by atoms with Crippen LogP contribution in [0.2, 0.25) is 5.02 Å². The quantitative estimate of drug-likeness (QED) is 0.531. The van der Waals surface area contributed by atoms with Gasteiger partial charge >= 0.3 is 0 Å². The molecule has 1 aliphatic heterocycles. The van der Waals surface area contributed by atoms with E-state index in [0.29, 0.717) is 0 Å². The summed E-state index contributed by atoms with van der Waals surface area (Å²) in [6, 6.07) is 29.2. The lowest BCUT2D eigenvalue weighted by Crippen LogP contribution is -2.22. The molecule has 0 amide bonds. The standard InChI is InChI=1S/C22H19ClN2S.ClH/c23-19-13-7-8-16(14-19)15-26-22-24-20(17-9-3-1-4-10-17)21(25-22)18-11-5-2-6-12-18;/h1-14,20-21H,15H2,(H,24,25);1H. The molecule has 138 valence electrons. The monoisotopic (exact) mass is 414 g/mol. The van der Waals surface area contributed by atoms with Gasteiger partial charge in [0, 0.05) is 10.8 Å². The summed E-state index contributed by atoms with van der Waals surface area (Å²) >= 11 is 7.81. The van der Waals surface area contributed by atoms with Crippen molar-refractivity contribution in [3.8, 4) is 0 Å². The van der Waals surface area contributed by atoms with Gasteiger partial charge in [-0.15, -0.1) is 12.4 Å². The molecule has 3 aromatic rings. The molecule has 1 N–H and O–H groups in total. The lowest BCUT2D eigenvalue weighted by Gasteiger charge is -2.19. The Morgan fingerprint density at radius 1 is 0.852 bits per heavy atom. The molecule has 0 radical (unpaired) electrons. The van der Waals surface area contributed by atoms with Crippen LogP contribution in [0.3, 0.4) is 0 Å². The van der Waals surface area contributed by atoms with Gasteiger partial charge in [0.25, 0.3) is 0 Å². The predicted octanol–water partition coefficient (Wildman–Crippen LogP) is 6.44. The lowest BCUT2D eigenvalue weighted by molar-refractivity contribution is 0.573. The first kappa shape index (κ1) is 19.8. The molecule has 1 aliphatic rings. The van der Waals surface area contributed by atoms with Gasteiger partial charge in [0.15, 0.2) is 5.17 Å². The highest BCUT2D eigenvalue weighted by molar-refractivity contribution is 8.13. The van der Waals surface area contributed by atoms with Crippen LogP contribution >= 0.6 is 35.8 Å². The number of hydrogen-bond donors (Lipinski definition) is 1. The fourth-order valence-corrected chi connectivity index (χ4v) is 4.24. The third-order valence-electron chi connectivity index (χ3n) is 4.42. The van der Waals surface area contributed by atoms with E-state index in [0.717, 1.165) is 15.9 Å². The van der Waals surface area contributed by atoms with Crippen LogP contribution in [0, 0.1) is 0 Å². The van der Waals surface area contributed by atoms with E-state index >= 15 is 0 Å². The van der Waals surface area contributed by atoms with E-state index in [2.05, 4.69) is 59.9 Å². The number of hydrogen-bond acceptors (Lipinski definition) is 3. The Morgan fingerprint density at radius 3 is 2.19 bits per heavy atom. The summed E-state index contributed by atoms with van der Waals surface area (Å²) in [6.45, 7) is 0. The minimum Gasteiger partial charge on any atom is -0.356 e. The Kier molecular flexibility index (Phi) is 6.84. The number of amidine groups is 1. The van der Waals surface area contributed by atoms with Crippen molar-refractivity contribution in [2.45, 2.75) is 17.8 Å². The summed E-state index contributed by atoms with van der Waals surface area (Å²) in [6.07, 6.45) is 0. The van der Waals surface area contributed by atoms with Crippen LogP contribution in [-0.2, 0) is 5.75 Å². The topological polar surface area (TPSA) is 24.4 Å². The van der Waals surface area contributed by atoms with Crippen molar-refractivity contribution in [3.63, 3.8) is 0 Å². The number of nitrogens with zero attached hydrogens (tertiary/aromatic N) is 1. The molecule has 0 saturated carbocycles. The number of thioether (sulfide) groups is 1. The average Bonchev–Trinajstić information content (AvgIpc) is 3.12. The molecule has 0 aromatic heterocycles. The normalized spacial score (nSPS) is 18.3. The highest BCUT2D eigenvalue weighted by Crippen LogP contribution is 2.38. The number of nitrogens with one attached hydrogen (secondary N) is 1. The first-order chi connectivity index (χ1) is 12.8. The SMILES string of the molecule is Cl.Clc1cccc(CSC2=NC(c3ccccc3)C(c3ccccc3)N2)c1. The predicted molar refractivity (Wildman–Crippen MR) is 119 cm³/mol. The zero-order valence-corrected chi connectivity index (χ0v) is 17.0. The van der Waals surface area contributed by atoms with Crippen LogP contribution in [0.4, 0.5) is 0 Å². The second kappa shape index (κ2) is 9.32. The second-order valence-electron chi connectivity index (χ2n) is 6.24. The Bertz CT molecular complexity index is 900. The maximum absolute atomic E-state index is 6.09. The number of aliphatic imine (C=N–C) groups is 1. The van der Waals surface area contributed by atoms with Gasteiger partial charge in [-0.3, -0.25) is 4.99 Å². The largest absolute Gasteiger partial charge is 0.356 e. The van der Waals surface area contributed by atoms with Gasteiger partial charge in [-0.1, -0.05) is 96.2 Å². The Hall–Kier alpha value is -1.94. The molecule has 2 nitrogen and oxygen atoms in total. The van der Waals surface area contributed by atoms with E-state index in [1.165, 1.54) is 16.7 Å². The van der Waals surface area contributed by atoms with Crippen LogP contribution < -0.4 is 5.32 Å². The first-order valence-electron chi connectivity index (χ1n) is 8.61. The molecule has 2 unspecified atom stereocenters. The van der Waals surface area contributed by atoms with Gasteiger partial charge in [0.1, 0.15) is 6.04 Å². The molecule has 0 bridgehead atoms. The van der Waals surface area contributed by atoms with E-state index in [4.69, 9.17) is 16.6 Å². The molecule has 1 heterocycles. The Balaban J connectivity index is 0.00000210. The van der Waals surface area contributed by atoms with Crippen molar-refractivity contribution in [1.82, 2.24) is 5.32 Å². The summed E-state index contributed by atoms with van der Waals surface area (Å²) in [4.78, 5) is 4.99. The van der Waals surface area contributed by atoms with Gasteiger partial charge in [-0.25, -0.2) is 0 Å². The van der Waals surface area contributed by atoms with Crippen LogP contribution in [-0.4, -0.2) is 5.17 Å². The second-order valence-corrected chi connectivity index (χ2v) is 7.64. The van der Waals surface area contributed by atoms with Gasteiger partial charge in [-0.05, 0) is 28.8 Å². The maximum Gasteiger partial charge on any atom is 0.158 e. The van der Waals surface area contributed by atoms with Crippen LogP contribution in [0.1, 0.15) is 28.8 Å². The van der Waals surface area contributed by atoms with Gasteiger partial charge in [0.2, 0.25) is 0 Å². The van der Waals surface area contributed by atoms with Crippen molar-refractivity contribution in [3.05, 3.63) is 107 Å². The lowest BCUT2D eigenvalue weighted by atomic mass is 9.95. The van der Waals surface area contributed by atoms with E-state index in [1.54, 1.807) is 11.8 Å². The van der Waals surface area contributed by atoms with Crippen LogP contribution in [0.15, 0.2) is 89.9 Å². The highest BCUT2D eigenvalue weighted by atomic mass is 35.5. The molecule has 2 atom stereocenters. The van der Waals surface area contributed by atoms with Crippen molar-refractivity contribution in [1.29, 1.82) is 0 Å². The third kappa shape index (κ3) is 4.86. The molecule has 5 heteroatoms. The van der Waals surface area contributed by atoms with Gasteiger partial charge in [-0.2, -0.15) is 0 Å². The van der Waals surface area contributed by atoms with Crippen molar-refractivity contribution in [2.24, 2.45) is 4.99 Å². The highest BCUT2D eigenvalue weighted by Gasteiger charge is 2.31. The molecule has 0 fully saturated rings. The fraction of sp³-hybridized carbons (Fsp3) is 0.136. The zero-order valence-electron chi connectivity index (χ0n) is 14.6. The Labute approximate surface area is 175 Å². The molecule has 27 heavy (non-hydrogen) atoms. The van der Waals surface area contributed by atoms with Gasteiger partial charge in [0.05, 0.1) is 6.04 Å². The summed E-state index contributed by atoms with van der Waals surface area (Å²) in [5, 5.41) is 5.37. The minimum absolute atomic E-state index is 0. The molecule has 0 saturated heterocycles. The van der Waals surface area contributed by atoms with Crippen molar-refractivity contribution >= 4 is 40.9 Å². The third-order valence-corrected chi connectivity index (χ3v) is 5.62. The fourth-order valence-electron chi connectivity index (χ4n) is 3.15. The summed E-state index contributed by atoms with van der Waals surface area (Å²) < 4.78 is 0. The van der Waals surface area contributed by atoms with E-state index in [-0.39, 0.29) is 24.5 Å². The molecular weight excluding hydrogens is 395 g/mol. The molecule has 4 rings (SSSR count). The zero-order chi connectivity index (χ0) is 17.8.